The van der Waals surface area contributed by atoms with Crippen LogP contribution < -0.4 is 5.32 Å². The minimum absolute atomic E-state index is 0.226. The number of benzene rings is 2. The van der Waals surface area contributed by atoms with Gasteiger partial charge >= 0.3 is 0 Å². The number of nitrogens with one attached hydrogen (secondary N) is 1. The fraction of sp³-hybridized carbons (Fsp3) is 0.286. The Morgan fingerprint density at radius 2 is 1.63 bits per heavy atom. The van der Waals surface area contributed by atoms with Gasteiger partial charge in [-0.15, -0.1) is 0 Å². The zero-order valence-corrected chi connectivity index (χ0v) is 16.8. The van der Waals surface area contributed by atoms with E-state index in [1.807, 2.05) is 45.0 Å². The van der Waals surface area contributed by atoms with Crippen LogP contribution >= 0.6 is 0 Å². The van der Waals surface area contributed by atoms with E-state index in [0.717, 1.165) is 23.2 Å². The highest BCUT2D eigenvalue weighted by Gasteiger charge is 2.20. The molecule has 0 aliphatic carbocycles. The summed E-state index contributed by atoms with van der Waals surface area (Å²) in [6.07, 6.45) is 3.95. The van der Waals surface area contributed by atoms with Gasteiger partial charge in [0.1, 0.15) is 0 Å². The van der Waals surface area contributed by atoms with Gasteiger partial charge in [0.15, 0.2) is 0 Å². The average molecular weight is 387 g/mol. The van der Waals surface area contributed by atoms with Gasteiger partial charge in [-0.3, -0.25) is 4.79 Å². The third kappa shape index (κ3) is 5.28. The van der Waals surface area contributed by atoms with E-state index >= 15 is 0 Å². The van der Waals surface area contributed by atoms with Crippen molar-refractivity contribution in [2.75, 3.05) is 18.4 Å². The van der Waals surface area contributed by atoms with E-state index in [9.17, 15) is 13.2 Å². The summed E-state index contributed by atoms with van der Waals surface area (Å²) in [4.78, 5) is 12.4. The van der Waals surface area contributed by atoms with Gasteiger partial charge in [-0.1, -0.05) is 51.1 Å². The molecule has 144 valence electrons. The summed E-state index contributed by atoms with van der Waals surface area (Å²) in [5.41, 5.74) is 2.63. The lowest BCUT2D eigenvalue weighted by Crippen LogP contribution is -2.30. The van der Waals surface area contributed by atoms with Crippen LogP contribution in [0.2, 0.25) is 0 Å². The summed E-state index contributed by atoms with van der Waals surface area (Å²) < 4.78 is 26.4. The van der Waals surface area contributed by atoms with Gasteiger partial charge in [-0.2, -0.15) is 4.31 Å². The molecule has 2 aromatic carbocycles. The van der Waals surface area contributed by atoms with Gasteiger partial charge < -0.3 is 5.32 Å². The second-order valence-corrected chi connectivity index (χ2v) is 7.93. The molecule has 0 saturated carbocycles. The SMILES string of the molecule is CCc1ccccc1NC(=O)/C=C/c1ccc(S(=O)(=O)N(CC)CC)cc1. The average Bonchev–Trinajstić information content (AvgIpc) is 2.68. The molecular weight excluding hydrogens is 360 g/mol. The van der Waals surface area contributed by atoms with Crippen molar-refractivity contribution < 1.29 is 13.2 Å². The van der Waals surface area contributed by atoms with Crippen LogP contribution in [0.1, 0.15) is 31.9 Å². The maximum atomic E-state index is 12.5. The quantitative estimate of drug-likeness (QED) is 0.699. The Hall–Kier alpha value is -2.44. The van der Waals surface area contributed by atoms with Gasteiger partial charge in [0.2, 0.25) is 15.9 Å². The van der Waals surface area contributed by atoms with Crippen LogP contribution in [0.15, 0.2) is 59.5 Å². The van der Waals surface area contributed by atoms with Crippen LogP contribution in [-0.4, -0.2) is 31.7 Å². The molecule has 0 unspecified atom stereocenters. The summed E-state index contributed by atoms with van der Waals surface area (Å²) in [5.74, 6) is -0.226. The second kappa shape index (κ2) is 9.48. The standard InChI is InChI=1S/C21H26N2O3S/c1-4-18-9-7-8-10-20(18)22-21(24)16-13-17-11-14-19(15-12-17)27(25,26)23(5-2)6-3/h7-16H,4-6H2,1-3H3,(H,22,24)/b16-13+. The van der Waals surface area contributed by atoms with Crippen LogP contribution in [0, 0.1) is 0 Å². The number of nitrogens with zero attached hydrogens (tertiary/aromatic N) is 1. The Kier molecular flexibility index (Phi) is 7.33. The lowest BCUT2D eigenvalue weighted by atomic mass is 10.1. The topological polar surface area (TPSA) is 66.5 Å². The first-order valence-electron chi connectivity index (χ1n) is 9.09. The van der Waals surface area contributed by atoms with E-state index in [-0.39, 0.29) is 10.8 Å². The zero-order valence-electron chi connectivity index (χ0n) is 16.0. The molecule has 2 aromatic rings. The van der Waals surface area contributed by atoms with Crippen molar-refractivity contribution in [1.82, 2.24) is 4.31 Å². The molecular formula is C21H26N2O3S. The van der Waals surface area contributed by atoms with Gasteiger partial charge in [0.05, 0.1) is 4.90 Å². The minimum Gasteiger partial charge on any atom is -0.322 e. The number of anilines is 1. The lowest BCUT2D eigenvalue weighted by Gasteiger charge is -2.18. The largest absolute Gasteiger partial charge is 0.322 e. The molecule has 0 atom stereocenters. The molecule has 0 aliphatic rings. The first-order valence-corrected chi connectivity index (χ1v) is 10.5. The summed E-state index contributed by atoms with van der Waals surface area (Å²) in [6.45, 7) is 6.52. The summed E-state index contributed by atoms with van der Waals surface area (Å²) in [6, 6.07) is 14.2. The molecule has 27 heavy (non-hydrogen) atoms. The predicted octanol–water partition coefficient (Wildman–Crippen LogP) is 3.93. The molecule has 0 aliphatic heterocycles. The van der Waals surface area contributed by atoms with Crippen LogP contribution in [-0.2, 0) is 21.2 Å². The molecule has 0 heterocycles. The maximum Gasteiger partial charge on any atom is 0.248 e. The van der Waals surface area contributed by atoms with Crippen molar-refractivity contribution in [2.24, 2.45) is 0 Å². The van der Waals surface area contributed by atoms with Crippen LogP contribution in [0.25, 0.3) is 6.08 Å². The van der Waals surface area contributed by atoms with Crippen molar-refractivity contribution in [3.05, 3.63) is 65.7 Å². The Morgan fingerprint density at radius 1 is 1.00 bits per heavy atom. The maximum absolute atomic E-state index is 12.5. The molecule has 0 spiro atoms. The van der Waals surface area contributed by atoms with E-state index in [1.165, 1.54) is 10.4 Å². The third-order valence-corrected chi connectivity index (χ3v) is 6.37. The highest BCUT2D eigenvalue weighted by molar-refractivity contribution is 7.89. The van der Waals surface area contributed by atoms with E-state index < -0.39 is 10.0 Å². The zero-order chi connectivity index (χ0) is 19.9. The first kappa shape index (κ1) is 20.9. The molecule has 1 amide bonds. The van der Waals surface area contributed by atoms with Gasteiger partial charge in [0, 0.05) is 24.9 Å². The number of sulfonamides is 1. The number of para-hydroxylation sites is 1. The van der Waals surface area contributed by atoms with Crippen molar-refractivity contribution in [3.8, 4) is 0 Å². The third-order valence-electron chi connectivity index (χ3n) is 4.31. The molecule has 0 bridgehead atoms. The molecule has 0 fully saturated rings. The Morgan fingerprint density at radius 3 is 2.22 bits per heavy atom. The molecule has 5 nitrogen and oxygen atoms in total. The van der Waals surface area contributed by atoms with E-state index in [1.54, 1.807) is 30.3 Å². The normalized spacial score (nSPS) is 11.9. The summed E-state index contributed by atoms with van der Waals surface area (Å²) >= 11 is 0. The van der Waals surface area contributed by atoms with E-state index in [4.69, 9.17) is 0 Å². The number of carbonyl (C=O) groups excluding carboxylic acids is 1. The number of hydrogen-bond acceptors (Lipinski definition) is 3. The van der Waals surface area contributed by atoms with E-state index in [0.29, 0.717) is 13.1 Å². The number of aryl methyl sites for hydroxylation is 1. The highest BCUT2D eigenvalue weighted by atomic mass is 32.2. The number of amides is 1. The van der Waals surface area contributed by atoms with Gasteiger partial charge in [-0.05, 0) is 41.8 Å². The molecule has 2 rings (SSSR count). The number of hydrogen-bond donors (Lipinski definition) is 1. The predicted molar refractivity (Wildman–Crippen MR) is 110 cm³/mol. The molecule has 6 heteroatoms. The fourth-order valence-corrected chi connectivity index (χ4v) is 4.22. The Balaban J connectivity index is 2.08. The Labute approximate surface area is 161 Å². The van der Waals surface area contributed by atoms with Crippen molar-refractivity contribution in [3.63, 3.8) is 0 Å². The highest BCUT2D eigenvalue weighted by Crippen LogP contribution is 2.18. The monoisotopic (exact) mass is 386 g/mol. The second-order valence-electron chi connectivity index (χ2n) is 5.99. The van der Waals surface area contributed by atoms with Crippen molar-refractivity contribution >= 4 is 27.7 Å². The molecule has 0 aromatic heterocycles. The van der Waals surface area contributed by atoms with Crippen molar-refractivity contribution in [1.29, 1.82) is 0 Å². The van der Waals surface area contributed by atoms with Crippen molar-refractivity contribution in [2.45, 2.75) is 32.1 Å². The smallest absolute Gasteiger partial charge is 0.248 e. The van der Waals surface area contributed by atoms with Gasteiger partial charge in [-0.25, -0.2) is 8.42 Å². The van der Waals surface area contributed by atoms with Gasteiger partial charge in [0.25, 0.3) is 0 Å². The molecule has 1 N–H and O–H groups in total. The summed E-state index contributed by atoms with van der Waals surface area (Å²) in [7, 11) is -3.47. The lowest BCUT2D eigenvalue weighted by molar-refractivity contribution is -0.111. The minimum atomic E-state index is -3.47. The Bertz CT molecular complexity index is 899. The molecule has 0 saturated heterocycles. The number of carbonyl (C=O) groups is 1. The summed E-state index contributed by atoms with van der Waals surface area (Å²) in [5, 5.41) is 2.87. The van der Waals surface area contributed by atoms with E-state index in [2.05, 4.69) is 5.32 Å². The van der Waals surface area contributed by atoms with Crippen LogP contribution in [0.5, 0.6) is 0 Å². The first-order chi connectivity index (χ1) is 12.9. The number of rotatable bonds is 8. The van der Waals surface area contributed by atoms with Crippen LogP contribution in [0.3, 0.4) is 0 Å². The fourth-order valence-electron chi connectivity index (χ4n) is 2.76. The van der Waals surface area contributed by atoms with Crippen LogP contribution in [0.4, 0.5) is 5.69 Å². The molecule has 0 radical (unpaired) electrons.